The minimum atomic E-state index is -0.667. The van der Waals surface area contributed by atoms with Crippen molar-refractivity contribution in [1.29, 1.82) is 0 Å². The van der Waals surface area contributed by atoms with Crippen LogP contribution >= 0.6 is 15.9 Å². The van der Waals surface area contributed by atoms with Crippen LogP contribution in [0.4, 0.5) is 5.69 Å². The Kier molecular flexibility index (Phi) is 6.16. The Hall–Kier alpha value is -2.64. The first kappa shape index (κ1) is 21.6. The van der Waals surface area contributed by atoms with Gasteiger partial charge in [-0.1, -0.05) is 40.2 Å². The molecule has 7 heteroatoms. The van der Waals surface area contributed by atoms with Crippen LogP contribution in [0.5, 0.6) is 0 Å². The van der Waals surface area contributed by atoms with Crippen LogP contribution in [0.3, 0.4) is 0 Å². The van der Waals surface area contributed by atoms with Crippen LogP contribution in [0.25, 0.3) is 5.76 Å². The van der Waals surface area contributed by atoms with E-state index in [2.05, 4.69) is 15.9 Å². The standard InChI is InChI=1S/C24H25BrN2O4/c1-26(2)18-11-7-15(8-12-18)21-20(22(28)16-5-9-17(25)10-6-16)23(29)24(30)27(21)14-19-4-3-13-31-19/h5-12,19,21,28H,3-4,13-14H2,1-2H3/b22-20-. The van der Waals surface area contributed by atoms with Gasteiger partial charge in [-0.2, -0.15) is 0 Å². The second-order valence-corrected chi connectivity index (χ2v) is 9.00. The van der Waals surface area contributed by atoms with E-state index in [-0.39, 0.29) is 17.4 Å². The Morgan fingerprint density at radius 1 is 1.13 bits per heavy atom. The summed E-state index contributed by atoms with van der Waals surface area (Å²) in [4.78, 5) is 29.6. The smallest absolute Gasteiger partial charge is 0.295 e. The first-order valence-corrected chi connectivity index (χ1v) is 11.1. The maximum absolute atomic E-state index is 13.1. The van der Waals surface area contributed by atoms with Crippen molar-refractivity contribution in [3.05, 3.63) is 69.7 Å². The van der Waals surface area contributed by atoms with E-state index in [1.807, 2.05) is 43.3 Å². The summed E-state index contributed by atoms with van der Waals surface area (Å²) in [5, 5.41) is 11.1. The lowest BCUT2D eigenvalue weighted by Gasteiger charge is -2.28. The molecule has 2 aliphatic heterocycles. The number of ketones is 1. The summed E-state index contributed by atoms with van der Waals surface area (Å²) in [6, 6.07) is 14.1. The maximum Gasteiger partial charge on any atom is 0.295 e. The lowest BCUT2D eigenvalue weighted by atomic mass is 9.95. The zero-order chi connectivity index (χ0) is 22.1. The fourth-order valence-corrected chi connectivity index (χ4v) is 4.40. The molecule has 0 radical (unpaired) electrons. The Morgan fingerprint density at radius 2 is 1.81 bits per heavy atom. The molecule has 162 valence electrons. The predicted octanol–water partition coefficient (Wildman–Crippen LogP) is 4.12. The van der Waals surface area contributed by atoms with Gasteiger partial charge in [0, 0.05) is 43.0 Å². The van der Waals surface area contributed by atoms with E-state index in [1.54, 1.807) is 29.2 Å². The third-order valence-corrected chi connectivity index (χ3v) is 6.34. The van der Waals surface area contributed by atoms with Crippen LogP contribution in [0, 0.1) is 0 Å². The molecule has 0 aromatic heterocycles. The van der Waals surface area contributed by atoms with Crippen molar-refractivity contribution >= 4 is 39.1 Å². The third-order valence-electron chi connectivity index (χ3n) is 5.81. The van der Waals surface area contributed by atoms with E-state index in [0.29, 0.717) is 18.7 Å². The van der Waals surface area contributed by atoms with Crippen molar-refractivity contribution in [3.8, 4) is 0 Å². The number of nitrogens with zero attached hydrogens (tertiary/aromatic N) is 2. The minimum Gasteiger partial charge on any atom is -0.507 e. The number of benzene rings is 2. The molecule has 2 unspecified atom stereocenters. The zero-order valence-corrected chi connectivity index (χ0v) is 19.1. The second-order valence-electron chi connectivity index (χ2n) is 8.08. The molecule has 2 aromatic carbocycles. The monoisotopic (exact) mass is 484 g/mol. The van der Waals surface area contributed by atoms with Crippen molar-refractivity contribution < 1.29 is 19.4 Å². The molecule has 2 heterocycles. The lowest BCUT2D eigenvalue weighted by molar-refractivity contribution is -0.140. The first-order valence-electron chi connectivity index (χ1n) is 10.3. The molecular formula is C24H25BrN2O4. The van der Waals surface area contributed by atoms with E-state index < -0.39 is 17.7 Å². The van der Waals surface area contributed by atoms with Gasteiger partial charge in [-0.05, 0) is 42.7 Å². The molecule has 2 fully saturated rings. The van der Waals surface area contributed by atoms with Crippen molar-refractivity contribution in [2.45, 2.75) is 25.0 Å². The number of amides is 1. The predicted molar refractivity (Wildman–Crippen MR) is 123 cm³/mol. The van der Waals surface area contributed by atoms with Gasteiger partial charge in [-0.25, -0.2) is 0 Å². The van der Waals surface area contributed by atoms with Crippen LogP contribution in [0.2, 0.25) is 0 Å². The molecule has 0 saturated carbocycles. The molecule has 2 saturated heterocycles. The van der Waals surface area contributed by atoms with Gasteiger partial charge in [0.15, 0.2) is 0 Å². The van der Waals surface area contributed by atoms with Gasteiger partial charge < -0.3 is 19.6 Å². The highest BCUT2D eigenvalue weighted by Crippen LogP contribution is 2.40. The number of carbonyl (C=O) groups excluding carboxylic acids is 2. The summed E-state index contributed by atoms with van der Waals surface area (Å²) in [6.45, 7) is 0.984. The number of anilines is 1. The second kappa shape index (κ2) is 8.85. The quantitative estimate of drug-likeness (QED) is 0.392. The van der Waals surface area contributed by atoms with Crippen LogP contribution in [0.15, 0.2) is 58.6 Å². The number of carbonyl (C=O) groups is 2. The average molecular weight is 485 g/mol. The number of Topliss-reactive ketones (excluding diaryl/α,β-unsaturated/α-hetero) is 1. The van der Waals surface area contributed by atoms with E-state index in [1.165, 1.54) is 0 Å². The molecule has 2 aromatic rings. The number of hydrogen-bond donors (Lipinski definition) is 1. The Bertz CT molecular complexity index is 1010. The lowest BCUT2D eigenvalue weighted by Crippen LogP contribution is -2.36. The van der Waals surface area contributed by atoms with E-state index >= 15 is 0 Å². The average Bonchev–Trinajstić information content (AvgIpc) is 3.36. The van der Waals surface area contributed by atoms with Crippen LogP contribution in [0.1, 0.15) is 30.0 Å². The summed E-state index contributed by atoms with van der Waals surface area (Å²) in [7, 11) is 3.90. The highest BCUT2D eigenvalue weighted by Gasteiger charge is 2.47. The summed E-state index contributed by atoms with van der Waals surface area (Å²) < 4.78 is 6.59. The Morgan fingerprint density at radius 3 is 2.39 bits per heavy atom. The van der Waals surface area contributed by atoms with E-state index in [0.717, 1.165) is 28.6 Å². The molecule has 4 rings (SSSR count). The fourth-order valence-electron chi connectivity index (χ4n) is 4.14. The molecule has 0 aliphatic carbocycles. The SMILES string of the molecule is CN(C)c1ccc(C2/C(=C(/O)c3ccc(Br)cc3)C(=O)C(=O)N2CC2CCCO2)cc1. The maximum atomic E-state index is 13.1. The number of hydrogen-bond acceptors (Lipinski definition) is 5. The normalized spacial score (nSPS) is 22.9. The number of aliphatic hydroxyl groups excluding tert-OH is 1. The molecule has 31 heavy (non-hydrogen) atoms. The summed E-state index contributed by atoms with van der Waals surface area (Å²) in [6.07, 6.45) is 1.69. The van der Waals surface area contributed by atoms with Crippen LogP contribution in [-0.2, 0) is 14.3 Å². The summed E-state index contributed by atoms with van der Waals surface area (Å²) in [5.74, 6) is -1.43. The highest BCUT2D eigenvalue weighted by atomic mass is 79.9. The molecule has 1 amide bonds. The number of ether oxygens (including phenoxy) is 1. The Balaban J connectivity index is 1.80. The van der Waals surface area contributed by atoms with Crippen LogP contribution < -0.4 is 4.90 Å². The Labute approximate surface area is 190 Å². The number of likely N-dealkylation sites (tertiary alicyclic amines) is 1. The van der Waals surface area contributed by atoms with E-state index in [9.17, 15) is 14.7 Å². The number of aliphatic hydroxyl groups is 1. The van der Waals surface area contributed by atoms with Gasteiger partial charge in [0.25, 0.3) is 11.7 Å². The summed E-state index contributed by atoms with van der Waals surface area (Å²) >= 11 is 3.38. The van der Waals surface area contributed by atoms with Gasteiger partial charge >= 0.3 is 0 Å². The molecule has 2 atom stereocenters. The van der Waals surface area contributed by atoms with Gasteiger partial charge in [0.1, 0.15) is 5.76 Å². The first-order chi connectivity index (χ1) is 14.9. The van der Waals surface area contributed by atoms with Crippen molar-refractivity contribution in [2.75, 3.05) is 32.1 Å². The van der Waals surface area contributed by atoms with Gasteiger partial charge in [0.05, 0.1) is 17.7 Å². The van der Waals surface area contributed by atoms with Gasteiger partial charge in [0.2, 0.25) is 0 Å². The minimum absolute atomic E-state index is 0.102. The molecule has 6 nitrogen and oxygen atoms in total. The topological polar surface area (TPSA) is 70.1 Å². The molecule has 1 N–H and O–H groups in total. The van der Waals surface area contributed by atoms with Crippen molar-refractivity contribution in [2.24, 2.45) is 0 Å². The molecule has 0 bridgehead atoms. The number of halogens is 1. The highest BCUT2D eigenvalue weighted by molar-refractivity contribution is 9.10. The number of rotatable bonds is 5. The van der Waals surface area contributed by atoms with Gasteiger partial charge in [-0.15, -0.1) is 0 Å². The molecule has 2 aliphatic rings. The van der Waals surface area contributed by atoms with Crippen LogP contribution in [-0.4, -0.2) is 55.0 Å². The third kappa shape index (κ3) is 4.25. The van der Waals surface area contributed by atoms with Gasteiger partial charge in [-0.3, -0.25) is 9.59 Å². The van der Waals surface area contributed by atoms with Crippen molar-refractivity contribution in [1.82, 2.24) is 4.90 Å². The fraction of sp³-hybridized carbons (Fsp3) is 0.333. The van der Waals surface area contributed by atoms with Crippen molar-refractivity contribution in [3.63, 3.8) is 0 Å². The zero-order valence-electron chi connectivity index (χ0n) is 17.5. The van der Waals surface area contributed by atoms with E-state index in [4.69, 9.17) is 4.74 Å². The summed E-state index contributed by atoms with van der Waals surface area (Å²) in [5.41, 5.74) is 2.39. The largest absolute Gasteiger partial charge is 0.507 e. The molecular weight excluding hydrogens is 460 g/mol. The molecule has 0 spiro atoms.